The fourth-order valence-electron chi connectivity index (χ4n) is 1.15. The zero-order valence-electron chi connectivity index (χ0n) is 10.1. The summed E-state index contributed by atoms with van der Waals surface area (Å²) in [6.07, 6.45) is 3.59. The number of carbonyl (C=O) groups is 1. The third-order valence-electron chi connectivity index (χ3n) is 2.04. The molecule has 0 heterocycles. The van der Waals surface area contributed by atoms with Crippen molar-refractivity contribution in [2.45, 2.75) is 0 Å². The Kier molecular flexibility index (Phi) is 5.47. The van der Waals surface area contributed by atoms with Crippen molar-refractivity contribution in [3.63, 3.8) is 0 Å². The van der Waals surface area contributed by atoms with Gasteiger partial charge in [-0.25, -0.2) is 4.79 Å². The number of carboxylic acids is 1. The summed E-state index contributed by atoms with van der Waals surface area (Å²) in [7, 11) is 1.60. The molecular weight excluding hydrogens is 234 g/mol. The highest BCUT2D eigenvalue weighted by Gasteiger charge is 2.00. The molecule has 18 heavy (non-hydrogen) atoms. The molecule has 0 aliphatic rings. The summed E-state index contributed by atoms with van der Waals surface area (Å²) in [6.45, 7) is 3.48. The predicted octanol–water partition coefficient (Wildman–Crippen LogP) is 1.83. The van der Waals surface area contributed by atoms with Gasteiger partial charge in [-0.2, -0.15) is 0 Å². The lowest BCUT2D eigenvalue weighted by Crippen LogP contribution is -2.19. The van der Waals surface area contributed by atoms with E-state index in [-0.39, 0.29) is 12.3 Å². The molecule has 5 heteroatoms. The number of benzene rings is 1. The third-order valence-corrected chi connectivity index (χ3v) is 2.04. The smallest absolute Gasteiger partial charge is 0.353 e. The van der Waals surface area contributed by atoms with Crippen molar-refractivity contribution in [3.8, 4) is 5.75 Å². The first-order valence-corrected chi connectivity index (χ1v) is 5.24. The third kappa shape index (κ3) is 4.71. The molecule has 5 nitrogen and oxygen atoms in total. The highest BCUT2D eigenvalue weighted by Crippen LogP contribution is 2.13. The van der Waals surface area contributed by atoms with E-state index in [2.05, 4.69) is 12.1 Å². The number of hydroxylamine groups is 1. The number of hydrogen-bond acceptors (Lipinski definition) is 4. The summed E-state index contributed by atoms with van der Waals surface area (Å²) in [5.74, 6) is -0.373. The molecule has 1 aromatic carbocycles. The minimum absolute atomic E-state index is 0.204. The van der Waals surface area contributed by atoms with Crippen molar-refractivity contribution in [2.24, 2.45) is 0 Å². The van der Waals surface area contributed by atoms with Crippen LogP contribution < -0.4 is 10.2 Å². The second-order valence-corrected chi connectivity index (χ2v) is 3.38. The average molecular weight is 249 g/mol. The van der Waals surface area contributed by atoms with Gasteiger partial charge in [0.15, 0.2) is 0 Å². The van der Waals surface area contributed by atoms with E-state index in [0.717, 1.165) is 11.3 Å². The van der Waals surface area contributed by atoms with Crippen LogP contribution in [0.25, 0.3) is 6.08 Å². The van der Waals surface area contributed by atoms with Crippen molar-refractivity contribution < 1.29 is 19.5 Å². The Morgan fingerprint density at radius 2 is 2.33 bits per heavy atom. The van der Waals surface area contributed by atoms with E-state index in [4.69, 9.17) is 14.7 Å². The fraction of sp³-hybridized carbons (Fsp3) is 0.154. The molecule has 0 atom stereocenters. The first kappa shape index (κ1) is 13.8. The highest BCUT2D eigenvalue weighted by atomic mass is 16.6. The molecule has 1 rings (SSSR count). The molecule has 0 saturated carbocycles. The zero-order chi connectivity index (χ0) is 13.4. The lowest BCUT2D eigenvalue weighted by Gasteiger charge is -2.03. The van der Waals surface area contributed by atoms with E-state index in [1.807, 2.05) is 30.3 Å². The first-order chi connectivity index (χ1) is 8.63. The molecule has 0 fully saturated rings. The SMILES string of the molecule is C=C(NOCC=Cc1cccc(OC)c1)C(=O)O. The Balaban J connectivity index is 2.36. The van der Waals surface area contributed by atoms with Gasteiger partial charge in [0.1, 0.15) is 11.4 Å². The summed E-state index contributed by atoms with van der Waals surface area (Å²) in [5.41, 5.74) is 2.98. The van der Waals surface area contributed by atoms with Crippen LogP contribution in [0.4, 0.5) is 0 Å². The fourth-order valence-corrected chi connectivity index (χ4v) is 1.15. The maximum Gasteiger partial charge on any atom is 0.353 e. The van der Waals surface area contributed by atoms with Crippen LogP contribution in [0.1, 0.15) is 5.56 Å². The van der Waals surface area contributed by atoms with E-state index in [0.29, 0.717) is 0 Å². The number of rotatable bonds is 7. The molecule has 0 aliphatic carbocycles. The molecule has 2 N–H and O–H groups in total. The maximum absolute atomic E-state index is 10.4. The number of methoxy groups -OCH3 is 1. The van der Waals surface area contributed by atoms with Crippen LogP contribution in [0.3, 0.4) is 0 Å². The largest absolute Gasteiger partial charge is 0.497 e. The zero-order valence-corrected chi connectivity index (χ0v) is 10.1. The van der Waals surface area contributed by atoms with E-state index in [1.165, 1.54) is 0 Å². The Morgan fingerprint density at radius 3 is 3.00 bits per heavy atom. The van der Waals surface area contributed by atoms with E-state index in [1.54, 1.807) is 13.2 Å². The van der Waals surface area contributed by atoms with Crippen LogP contribution in [0.2, 0.25) is 0 Å². The molecule has 0 bridgehead atoms. The van der Waals surface area contributed by atoms with Gasteiger partial charge < -0.3 is 9.84 Å². The Bertz CT molecular complexity index is 454. The van der Waals surface area contributed by atoms with Gasteiger partial charge in [-0.3, -0.25) is 10.3 Å². The Morgan fingerprint density at radius 1 is 1.56 bits per heavy atom. The Labute approximate surface area is 105 Å². The number of ether oxygens (including phenoxy) is 1. The van der Waals surface area contributed by atoms with Gasteiger partial charge in [0.25, 0.3) is 0 Å². The minimum atomic E-state index is -1.15. The second-order valence-electron chi connectivity index (χ2n) is 3.38. The summed E-state index contributed by atoms with van der Waals surface area (Å²) < 4.78 is 5.09. The van der Waals surface area contributed by atoms with Crippen molar-refractivity contribution >= 4 is 12.0 Å². The van der Waals surface area contributed by atoms with Crippen molar-refractivity contribution in [1.82, 2.24) is 5.48 Å². The number of nitrogens with one attached hydrogen (secondary N) is 1. The monoisotopic (exact) mass is 249 g/mol. The lowest BCUT2D eigenvalue weighted by molar-refractivity contribution is -0.134. The van der Waals surface area contributed by atoms with Gasteiger partial charge in [-0.05, 0) is 17.7 Å². The van der Waals surface area contributed by atoms with E-state index >= 15 is 0 Å². The molecule has 0 spiro atoms. The number of carboxylic acid groups (broad SMARTS) is 1. The van der Waals surface area contributed by atoms with Gasteiger partial charge in [0, 0.05) is 0 Å². The molecule has 0 radical (unpaired) electrons. The van der Waals surface area contributed by atoms with Crippen LogP contribution in [0.5, 0.6) is 5.75 Å². The van der Waals surface area contributed by atoms with Crippen molar-refractivity contribution in [1.29, 1.82) is 0 Å². The van der Waals surface area contributed by atoms with Gasteiger partial charge in [-0.1, -0.05) is 30.9 Å². The average Bonchev–Trinajstić information content (AvgIpc) is 2.38. The summed E-state index contributed by atoms with van der Waals surface area (Å²) >= 11 is 0. The van der Waals surface area contributed by atoms with Crippen LogP contribution in [0, 0.1) is 0 Å². The van der Waals surface area contributed by atoms with Gasteiger partial charge in [0.2, 0.25) is 0 Å². The van der Waals surface area contributed by atoms with Crippen molar-refractivity contribution in [2.75, 3.05) is 13.7 Å². The molecule has 0 amide bonds. The standard InChI is InChI=1S/C13H15NO4/c1-10(13(15)16)14-18-8-4-6-11-5-3-7-12(9-11)17-2/h3-7,9,14H,1,8H2,2H3,(H,15,16). The van der Waals surface area contributed by atoms with Crippen LogP contribution in [0.15, 0.2) is 42.6 Å². The summed E-state index contributed by atoms with van der Waals surface area (Å²) in [6, 6.07) is 7.53. The van der Waals surface area contributed by atoms with Crippen LogP contribution in [-0.2, 0) is 9.63 Å². The molecule has 0 unspecified atom stereocenters. The van der Waals surface area contributed by atoms with Gasteiger partial charge >= 0.3 is 5.97 Å². The number of hydrogen-bond donors (Lipinski definition) is 2. The quantitative estimate of drug-likeness (QED) is 0.438. The van der Waals surface area contributed by atoms with Crippen molar-refractivity contribution in [3.05, 3.63) is 48.2 Å². The molecule has 96 valence electrons. The highest BCUT2D eigenvalue weighted by molar-refractivity contribution is 5.84. The second kappa shape index (κ2) is 7.13. The molecule has 0 aliphatic heterocycles. The summed E-state index contributed by atoms with van der Waals surface area (Å²) in [5, 5.41) is 8.50. The normalized spacial score (nSPS) is 10.3. The van der Waals surface area contributed by atoms with Crippen LogP contribution >= 0.6 is 0 Å². The topological polar surface area (TPSA) is 67.8 Å². The van der Waals surface area contributed by atoms with E-state index in [9.17, 15) is 4.79 Å². The molecule has 1 aromatic rings. The molecule has 0 aromatic heterocycles. The predicted molar refractivity (Wildman–Crippen MR) is 67.9 cm³/mol. The summed E-state index contributed by atoms with van der Waals surface area (Å²) in [4.78, 5) is 15.3. The van der Waals surface area contributed by atoms with Gasteiger partial charge in [-0.15, -0.1) is 0 Å². The van der Waals surface area contributed by atoms with E-state index < -0.39 is 5.97 Å². The van der Waals surface area contributed by atoms with Crippen LogP contribution in [-0.4, -0.2) is 24.8 Å². The maximum atomic E-state index is 10.4. The lowest BCUT2D eigenvalue weighted by atomic mass is 10.2. The van der Waals surface area contributed by atoms with Gasteiger partial charge in [0.05, 0.1) is 13.7 Å². The molecular formula is C13H15NO4. The Hall–Kier alpha value is -2.27. The minimum Gasteiger partial charge on any atom is -0.497 e. The number of aliphatic carboxylic acids is 1. The first-order valence-electron chi connectivity index (χ1n) is 5.24. The molecule has 0 saturated heterocycles.